The predicted octanol–water partition coefficient (Wildman–Crippen LogP) is 5.39. The predicted molar refractivity (Wildman–Crippen MR) is 150 cm³/mol. The number of carbonyl (C=O) groups is 3. The summed E-state index contributed by atoms with van der Waals surface area (Å²) in [6, 6.07) is 33.4. The van der Waals surface area contributed by atoms with Crippen molar-refractivity contribution in [3.05, 3.63) is 144 Å². The number of benzene rings is 4. The number of esters is 2. The molecule has 1 fully saturated rings. The van der Waals surface area contributed by atoms with E-state index in [1.807, 2.05) is 121 Å². The molecule has 0 aromatic heterocycles. The zero-order valence-electron chi connectivity index (χ0n) is 22.3. The Morgan fingerprint density at radius 2 is 0.775 bits per heavy atom. The summed E-state index contributed by atoms with van der Waals surface area (Å²) in [5.41, 5.74) is 3.16. The van der Waals surface area contributed by atoms with E-state index in [1.54, 1.807) is 0 Å². The lowest BCUT2D eigenvalue weighted by Gasteiger charge is -2.33. The van der Waals surface area contributed by atoms with Crippen LogP contribution in [0.5, 0.6) is 0 Å². The number of urea groups is 1. The molecule has 40 heavy (non-hydrogen) atoms. The fraction of sp³-hybridized carbons (Fsp3) is 0.182. The number of rotatable bonds is 8. The van der Waals surface area contributed by atoms with E-state index in [4.69, 9.17) is 9.47 Å². The van der Waals surface area contributed by atoms with Gasteiger partial charge in [0.25, 0.3) is 0 Å². The van der Waals surface area contributed by atoms with Gasteiger partial charge in [-0.1, -0.05) is 121 Å². The minimum Gasteiger partial charge on any atom is -0.467 e. The Labute approximate surface area is 233 Å². The normalized spacial score (nSPS) is 16.9. The summed E-state index contributed by atoms with van der Waals surface area (Å²) in [6.07, 6.45) is 0. The molecule has 1 saturated heterocycles. The summed E-state index contributed by atoms with van der Waals surface area (Å²) in [5.74, 6) is -1.41. The Bertz CT molecular complexity index is 1260. The smallest absolute Gasteiger partial charge is 0.331 e. The second kappa shape index (κ2) is 11.9. The van der Waals surface area contributed by atoms with E-state index in [-0.39, 0.29) is 0 Å². The number of hydrogen-bond acceptors (Lipinski definition) is 5. The van der Waals surface area contributed by atoms with Gasteiger partial charge in [0.05, 0.1) is 26.3 Å². The lowest BCUT2D eigenvalue weighted by Crippen LogP contribution is -2.50. The number of hydrogen-bond donors (Lipinski definition) is 0. The molecular weight excluding hydrogens is 504 g/mol. The van der Waals surface area contributed by atoms with Gasteiger partial charge in [0.15, 0.2) is 12.1 Å². The van der Waals surface area contributed by atoms with Crippen molar-refractivity contribution >= 4 is 18.0 Å². The highest BCUT2D eigenvalue weighted by atomic mass is 16.5. The van der Waals surface area contributed by atoms with E-state index in [2.05, 4.69) is 0 Å². The third-order valence-electron chi connectivity index (χ3n) is 7.24. The SMILES string of the molecule is COC(=O)C1C(C(=O)OC)N(C(c2ccccc2)c2ccccc2)C(=O)N1C(c1ccccc1)c1ccccc1. The summed E-state index contributed by atoms with van der Waals surface area (Å²) in [5, 5.41) is 0. The van der Waals surface area contributed by atoms with Crippen LogP contribution in [0.15, 0.2) is 121 Å². The van der Waals surface area contributed by atoms with Gasteiger partial charge in [-0.3, -0.25) is 9.80 Å². The first-order valence-corrected chi connectivity index (χ1v) is 13.0. The molecule has 0 bridgehead atoms. The third-order valence-corrected chi connectivity index (χ3v) is 7.24. The summed E-state index contributed by atoms with van der Waals surface area (Å²) in [7, 11) is 2.52. The molecule has 2 atom stereocenters. The maximum absolute atomic E-state index is 14.8. The summed E-state index contributed by atoms with van der Waals surface area (Å²) < 4.78 is 10.5. The van der Waals surface area contributed by atoms with Gasteiger partial charge in [-0.05, 0) is 22.3 Å². The van der Waals surface area contributed by atoms with Crippen molar-refractivity contribution in [3.63, 3.8) is 0 Å². The molecule has 4 aromatic carbocycles. The highest BCUT2D eigenvalue weighted by molar-refractivity contribution is 5.98. The molecule has 1 aliphatic rings. The van der Waals surface area contributed by atoms with Crippen molar-refractivity contribution in [2.75, 3.05) is 14.2 Å². The second-order valence-electron chi connectivity index (χ2n) is 9.48. The molecule has 4 aromatic rings. The highest BCUT2D eigenvalue weighted by Crippen LogP contribution is 2.43. The molecule has 0 spiro atoms. The van der Waals surface area contributed by atoms with Crippen LogP contribution in [-0.2, 0) is 19.1 Å². The maximum Gasteiger partial charge on any atom is 0.331 e. The van der Waals surface area contributed by atoms with Gasteiger partial charge in [-0.2, -0.15) is 0 Å². The highest BCUT2D eigenvalue weighted by Gasteiger charge is 2.58. The van der Waals surface area contributed by atoms with Crippen molar-refractivity contribution in [3.8, 4) is 0 Å². The summed E-state index contributed by atoms with van der Waals surface area (Å²) in [4.78, 5) is 44.8. The lowest BCUT2D eigenvalue weighted by molar-refractivity contribution is -0.155. The van der Waals surface area contributed by atoms with Crippen molar-refractivity contribution in [2.24, 2.45) is 0 Å². The topological polar surface area (TPSA) is 76.2 Å². The third kappa shape index (κ3) is 4.94. The lowest BCUT2D eigenvalue weighted by atomic mass is 9.94. The largest absolute Gasteiger partial charge is 0.467 e. The molecular formula is C33H30N2O5. The quantitative estimate of drug-likeness (QED) is 0.284. The number of methoxy groups -OCH3 is 2. The minimum atomic E-state index is -1.27. The second-order valence-corrected chi connectivity index (χ2v) is 9.48. The van der Waals surface area contributed by atoms with Gasteiger partial charge in [0.1, 0.15) is 0 Å². The average Bonchev–Trinajstić information content (AvgIpc) is 3.31. The molecule has 0 aliphatic carbocycles. The van der Waals surface area contributed by atoms with Crippen LogP contribution in [0.2, 0.25) is 0 Å². The van der Waals surface area contributed by atoms with Crippen LogP contribution < -0.4 is 0 Å². The summed E-state index contributed by atoms with van der Waals surface area (Å²) in [6.45, 7) is 0. The number of carbonyl (C=O) groups excluding carboxylic acids is 3. The van der Waals surface area contributed by atoms with Crippen molar-refractivity contribution in [2.45, 2.75) is 24.2 Å². The maximum atomic E-state index is 14.8. The first-order valence-electron chi connectivity index (χ1n) is 13.0. The molecule has 1 aliphatic heterocycles. The van der Waals surface area contributed by atoms with E-state index >= 15 is 0 Å². The van der Waals surface area contributed by atoms with Gasteiger partial charge in [0, 0.05) is 0 Å². The van der Waals surface area contributed by atoms with Crippen LogP contribution in [0.1, 0.15) is 34.3 Å². The molecule has 1 heterocycles. The van der Waals surface area contributed by atoms with Crippen LogP contribution in [0.25, 0.3) is 0 Å². The number of nitrogens with zero attached hydrogens (tertiary/aromatic N) is 2. The number of amides is 2. The fourth-order valence-electron chi connectivity index (χ4n) is 5.51. The zero-order chi connectivity index (χ0) is 28.1. The molecule has 2 amide bonds. The average molecular weight is 535 g/mol. The van der Waals surface area contributed by atoms with Gasteiger partial charge < -0.3 is 9.47 Å². The molecule has 5 rings (SSSR count). The first kappa shape index (κ1) is 26.7. The van der Waals surface area contributed by atoms with Crippen LogP contribution in [0.3, 0.4) is 0 Å². The molecule has 0 saturated carbocycles. The van der Waals surface area contributed by atoms with Crippen LogP contribution in [-0.4, -0.2) is 54.1 Å². The molecule has 0 N–H and O–H groups in total. The van der Waals surface area contributed by atoms with Crippen molar-refractivity contribution in [1.29, 1.82) is 0 Å². The molecule has 202 valence electrons. The Hall–Kier alpha value is -4.91. The zero-order valence-corrected chi connectivity index (χ0v) is 22.3. The van der Waals surface area contributed by atoms with Crippen LogP contribution >= 0.6 is 0 Å². The Kier molecular flexibility index (Phi) is 7.92. The van der Waals surface area contributed by atoms with Gasteiger partial charge in [-0.15, -0.1) is 0 Å². The van der Waals surface area contributed by atoms with E-state index in [9.17, 15) is 14.4 Å². The van der Waals surface area contributed by atoms with Crippen LogP contribution in [0, 0.1) is 0 Å². The Morgan fingerprint density at radius 1 is 0.525 bits per heavy atom. The molecule has 7 nitrogen and oxygen atoms in total. The van der Waals surface area contributed by atoms with Crippen molar-refractivity contribution in [1.82, 2.24) is 9.80 Å². The summed E-state index contributed by atoms with van der Waals surface area (Å²) >= 11 is 0. The van der Waals surface area contributed by atoms with E-state index < -0.39 is 42.1 Å². The Balaban J connectivity index is 1.76. The van der Waals surface area contributed by atoms with E-state index in [0.717, 1.165) is 22.3 Å². The molecule has 0 radical (unpaired) electrons. The monoisotopic (exact) mass is 534 g/mol. The molecule has 7 heteroatoms. The van der Waals surface area contributed by atoms with Gasteiger partial charge in [0.2, 0.25) is 0 Å². The van der Waals surface area contributed by atoms with Gasteiger partial charge in [-0.25, -0.2) is 14.4 Å². The first-order chi connectivity index (χ1) is 19.6. The van der Waals surface area contributed by atoms with Crippen LogP contribution in [0.4, 0.5) is 4.79 Å². The van der Waals surface area contributed by atoms with Gasteiger partial charge >= 0.3 is 18.0 Å². The standard InChI is InChI=1S/C33H30N2O5/c1-39-31(36)29-30(32(37)40-2)35(28(25-19-11-5-12-20-25)26-21-13-6-14-22-26)33(38)34(29)27(23-15-7-3-8-16-23)24-17-9-4-10-18-24/h3-22,27-30H,1-2H3. The fourth-order valence-corrected chi connectivity index (χ4v) is 5.51. The van der Waals surface area contributed by atoms with Crippen molar-refractivity contribution < 1.29 is 23.9 Å². The number of ether oxygens (including phenoxy) is 2. The van der Waals surface area contributed by atoms with E-state index in [1.165, 1.54) is 24.0 Å². The minimum absolute atomic E-state index is 0.485. The van der Waals surface area contributed by atoms with E-state index in [0.29, 0.717) is 0 Å². The Morgan fingerprint density at radius 3 is 1.00 bits per heavy atom. The molecule has 2 unspecified atom stereocenters.